The summed E-state index contributed by atoms with van der Waals surface area (Å²) in [6.07, 6.45) is 0. The third kappa shape index (κ3) is 3.96. The van der Waals surface area contributed by atoms with Gasteiger partial charge in [0.1, 0.15) is 4.90 Å². The van der Waals surface area contributed by atoms with Crippen molar-refractivity contribution < 1.29 is 13.5 Å². The minimum Gasteiger partial charge on any atom is -0.396 e. The maximum absolute atomic E-state index is 11.9. The average molecular weight is 278 g/mol. The molecule has 0 saturated heterocycles. The van der Waals surface area contributed by atoms with Gasteiger partial charge in [0, 0.05) is 18.6 Å². The Bertz CT molecular complexity index is 485. The molecule has 0 amide bonds. The number of rotatable bonds is 5. The van der Waals surface area contributed by atoms with Gasteiger partial charge in [-0.1, -0.05) is 37.6 Å². The van der Waals surface area contributed by atoms with Gasteiger partial charge < -0.3 is 5.11 Å². The zero-order chi connectivity index (χ0) is 13.1. The Hall–Kier alpha value is -0.620. The van der Waals surface area contributed by atoms with E-state index in [1.54, 1.807) is 26.0 Å². The summed E-state index contributed by atoms with van der Waals surface area (Å²) in [5, 5.41) is 9.24. The molecule has 2 N–H and O–H groups in total. The number of aliphatic hydroxyl groups excluding tert-OH is 1. The summed E-state index contributed by atoms with van der Waals surface area (Å²) in [5.74, 6) is 0. The molecule has 0 atom stereocenters. The average Bonchev–Trinajstić information content (AvgIpc) is 2.27. The largest absolute Gasteiger partial charge is 0.396 e. The van der Waals surface area contributed by atoms with Crippen LogP contribution in [-0.2, 0) is 10.0 Å². The number of benzene rings is 1. The van der Waals surface area contributed by atoms with Gasteiger partial charge in [0.25, 0.3) is 0 Å². The Kier molecular flexibility index (Phi) is 4.55. The van der Waals surface area contributed by atoms with Crippen molar-refractivity contribution in [3.05, 3.63) is 29.3 Å². The standard InChI is InChI=1S/C11H16ClNO3S/c1-11(2,8-14)7-13-17(15,16)10-6-4-3-5-9(10)12/h3-6,13-14H,7-8H2,1-2H3. The Balaban J connectivity index is 2.88. The molecular weight excluding hydrogens is 262 g/mol. The lowest BCUT2D eigenvalue weighted by atomic mass is 9.96. The number of sulfonamides is 1. The Morgan fingerprint density at radius 3 is 2.47 bits per heavy atom. The third-order valence-corrected chi connectivity index (χ3v) is 4.20. The van der Waals surface area contributed by atoms with Crippen molar-refractivity contribution in [3.8, 4) is 0 Å². The van der Waals surface area contributed by atoms with Crippen molar-refractivity contribution in [2.75, 3.05) is 13.2 Å². The fourth-order valence-electron chi connectivity index (χ4n) is 1.09. The van der Waals surface area contributed by atoms with Crippen LogP contribution in [0.3, 0.4) is 0 Å². The Morgan fingerprint density at radius 2 is 1.94 bits per heavy atom. The van der Waals surface area contributed by atoms with Gasteiger partial charge in [0.2, 0.25) is 10.0 Å². The molecule has 6 heteroatoms. The van der Waals surface area contributed by atoms with E-state index in [1.165, 1.54) is 12.1 Å². The van der Waals surface area contributed by atoms with Gasteiger partial charge in [0.05, 0.1) is 5.02 Å². The molecule has 17 heavy (non-hydrogen) atoms. The second-order valence-electron chi connectivity index (χ2n) is 4.58. The summed E-state index contributed by atoms with van der Waals surface area (Å²) < 4.78 is 26.3. The van der Waals surface area contributed by atoms with Crippen LogP contribution in [0.5, 0.6) is 0 Å². The second kappa shape index (κ2) is 5.35. The summed E-state index contributed by atoms with van der Waals surface area (Å²) in [7, 11) is -3.63. The van der Waals surface area contributed by atoms with Gasteiger partial charge in [-0.2, -0.15) is 0 Å². The van der Waals surface area contributed by atoms with Crippen LogP contribution in [-0.4, -0.2) is 26.7 Å². The molecule has 0 spiro atoms. The summed E-state index contributed by atoms with van der Waals surface area (Å²) >= 11 is 5.82. The number of hydrogen-bond acceptors (Lipinski definition) is 3. The van der Waals surface area contributed by atoms with E-state index in [1.807, 2.05) is 0 Å². The van der Waals surface area contributed by atoms with E-state index in [-0.39, 0.29) is 23.1 Å². The molecule has 0 bridgehead atoms. The van der Waals surface area contributed by atoms with Crippen LogP contribution in [0.25, 0.3) is 0 Å². The SMILES string of the molecule is CC(C)(CO)CNS(=O)(=O)c1ccccc1Cl. The molecule has 4 nitrogen and oxygen atoms in total. The first-order chi connectivity index (χ1) is 7.78. The first-order valence-electron chi connectivity index (χ1n) is 5.13. The topological polar surface area (TPSA) is 66.4 Å². The summed E-state index contributed by atoms with van der Waals surface area (Å²) in [6, 6.07) is 6.24. The predicted molar refractivity (Wildman–Crippen MR) is 67.5 cm³/mol. The molecule has 0 aliphatic carbocycles. The molecule has 0 aromatic heterocycles. The fourth-order valence-corrected chi connectivity index (χ4v) is 2.85. The zero-order valence-electron chi connectivity index (χ0n) is 9.77. The first kappa shape index (κ1) is 14.4. The lowest BCUT2D eigenvalue weighted by molar-refractivity contribution is 0.163. The van der Waals surface area contributed by atoms with Crippen molar-refractivity contribution in [1.82, 2.24) is 4.72 Å². The van der Waals surface area contributed by atoms with Gasteiger partial charge >= 0.3 is 0 Å². The van der Waals surface area contributed by atoms with Crippen LogP contribution >= 0.6 is 11.6 Å². The van der Waals surface area contributed by atoms with Crippen LogP contribution in [0.15, 0.2) is 29.2 Å². The molecule has 0 radical (unpaired) electrons. The molecule has 0 aliphatic heterocycles. The van der Waals surface area contributed by atoms with Crippen molar-refractivity contribution in [2.45, 2.75) is 18.7 Å². The molecular formula is C11H16ClNO3S. The maximum Gasteiger partial charge on any atom is 0.242 e. The van der Waals surface area contributed by atoms with Crippen molar-refractivity contribution in [2.24, 2.45) is 5.41 Å². The zero-order valence-corrected chi connectivity index (χ0v) is 11.3. The molecule has 0 saturated carbocycles. The fraction of sp³-hybridized carbons (Fsp3) is 0.455. The molecule has 96 valence electrons. The van der Waals surface area contributed by atoms with Gasteiger partial charge in [0.15, 0.2) is 0 Å². The first-order valence-corrected chi connectivity index (χ1v) is 7.00. The van der Waals surface area contributed by atoms with E-state index in [0.29, 0.717) is 0 Å². The van der Waals surface area contributed by atoms with Crippen LogP contribution in [0, 0.1) is 5.41 Å². The second-order valence-corrected chi connectivity index (χ2v) is 6.72. The Morgan fingerprint density at radius 1 is 1.35 bits per heavy atom. The Labute approximate surface area is 107 Å². The quantitative estimate of drug-likeness (QED) is 0.860. The summed E-state index contributed by atoms with van der Waals surface area (Å²) in [4.78, 5) is 0.0513. The lowest BCUT2D eigenvalue weighted by Gasteiger charge is -2.21. The van der Waals surface area contributed by atoms with E-state index in [9.17, 15) is 8.42 Å². The molecule has 1 aromatic rings. The van der Waals surface area contributed by atoms with Crippen molar-refractivity contribution in [1.29, 1.82) is 0 Å². The number of aliphatic hydroxyl groups is 1. The van der Waals surface area contributed by atoms with Gasteiger partial charge in [-0.3, -0.25) is 0 Å². The third-order valence-electron chi connectivity index (χ3n) is 2.29. The van der Waals surface area contributed by atoms with E-state index in [4.69, 9.17) is 16.7 Å². The molecule has 0 aliphatic rings. The van der Waals surface area contributed by atoms with Crippen LogP contribution < -0.4 is 4.72 Å². The smallest absolute Gasteiger partial charge is 0.242 e. The van der Waals surface area contributed by atoms with Crippen LogP contribution in [0.2, 0.25) is 5.02 Å². The van der Waals surface area contributed by atoms with Gasteiger partial charge in [-0.15, -0.1) is 0 Å². The number of halogens is 1. The van der Waals surface area contributed by atoms with Gasteiger partial charge in [-0.25, -0.2) is 13.1 Å². The highest BCUT2D eigenvalue weighted by molar-refractivity contribution is 7.89. The molecule has 1 aromatic carbocycles. The molecule has 0 unspecified atom stereocenters. The molecule has 0 fully saturated rings. The van der Waals surface area contributed by atoms with Crippen LogP contribution in [0.1, 0.15) is 13.8 Å². The minimum absolute atomic E-state index is 0.0513. The van der Waals surface area contributed by atoms with Gasteiger partial charge in [-0.05, 0) is 12.1 Å². The summed E-state index contributed by atoms with van der Waals surface area (Å²) in [6.45, 7) is 3.58. The lowest BCUT2D eigenvalue weighted by Crippen LogP contribution is -2.36. The van der Waals surface area contributed by atoms with E-state index >= 15 is 0 Å². The molecule has 1 rings (SSSR count). The molecule has 0 heterocycles. The maximum atomic E-state index is 11.9. The highest BCUT2D eigenvalue weighted by Crippen LogP contribution is 2.21. The predicted octanol–water partition coefficient (Wildman–Crippen LogP) is 1.64. The number of hydrogen-bond donors (Lipinski definition) is 2. The summed E-state index contributed by atoms with van der Waals surface area (Å²) in [5.41, 5.74) is -0.506. The van der Waals surface area contributed by atoms with Crippen molar-refractivity contribution in [3.63, 3.8) is 0 Å². The number of nitrogens with one attached hydrogen (secondary N) is 1. The minimum atomic E-state index is -3.63. The van der Waals surface area contributed by atoms with Crippen LogP contribution in [0.4, 0.5) is 0 Å². The highest BCUT2D eigenvalue weighted by atomic mass is 35.5. The van der Waals surface area contributed by atoms with E-state index in [0.717, 1.165) is 0 Å². The van der Waals surface area contributed by atoms with E-state index in [2.05, 4.69) is 4.72 Å². The highest BCUT2D eigenvalue weighted by Gasteiger charge is 2.22. The van der Waals surface area contributed by atoms with Crippen molar-refractivity contribution >= 4 is 21.6 Å². The normalized spacial score (nSPS) is 12.7. The monoisotopic (exact) mass is 277 g/mol. The van der Waals surface area contributed by atoms with E-state index < -0.39 is 15.4 Å².